The fourth-order valence-corrected chi connectivity index (χ4v) is 12.4. The molecule has 3 aromatic heterocycles. The minimum atomic E-state index is -0.828. The molecule has 3 aromatic carbocycles. The maximum atomic E-state index is 14.5. The number of β-amino-alcohol motifs (C(OH)–C–C–N with tert-alkyl or cyclic N) is 1. The summed E-state index contributed by atoms with van der Waals surface area (Å²) in [5.74, 6) is 0.519. The zero-order valence-electron chi connectivity index (χ0n) is 42.5. The number of carbonyl (C=O) groups is 3. The van der Waals surface area contributed by atoms with Crippen LogP contribution in [0.2, 0.25) is 5.02 Å². The number of ether oxygens (including phenoxy) is 1. The Morgan fingerprint density at radius 2 is 1.67 bits per heavy atom. The maximum Gasteiger partial charge on any atom is 0.251 e. The monoisotopic (exact) mass is 1020 g/mol. The van der Waals surface area contributed by atoms with Crippen LogP contribution in [-0.2, 0) is 9.59 Å². The van der Waals surface area contributed by atoms with E-state index in [1.807, 2.05) is 100 Å². The van der Waals surface area contributed by atoms with E-state index >= 15 is 0 Å². The van der Waals surface area contributed by atoms with Crippen LogP contribution >= 0.6 is 22.9 Å². The molecule has 3 fully saturated rings. The topological polar surface area (TPSA) is 191 Å². The summed E-state index contributed by atoms with van der Waals surface area (Å²) in [5, 5.41) is 35.1. The van der Waals surface area contributed by atoms with Crippen molar-refractivity contribution in [2.45, 2.75) is 111 Å². The molecule has 5 atom stereocenters. The van der Waals surface area contributed by atoms with E-state index < -0.39 is 18.2 Å². The van der Waals surface area contributed by atoms with Crippen LogP contribution in [0.1, 0.15) is 101 Å². The second kappa shape index (κ2) is 20.6. The Morgan fingerprint density at radius 1 is 0.932 bits per heavy atom. The summed E-state index contributed by atoms with van der Waals surface area (Å²) >= 11 is 7.87. The second-order valence-corrected chi connectivity index (χ2v) is 22.5. The number of halogens is 1. The Bertz CT molecular complexity index is 3020. The van der Waals surface area contributed by atoms with Crippen molar-refractivity contribution in [1.29, 1.82) is 5.26 Å². The lowest BCUT2D eigenvalue weighted by atomic mass is 9.49. The average molecular weight is 1020 g/mol. The molecular weight excluding hydrogens is 960 g/mol. The van der Waals surface area contributed by atoms with Gasteiger partial charge >= 0.3 is 0 Å². The highest BCUT2D eigenvalue weighted by Gasteiger charge is 2.64. The lowest BCUT2D eigenvalue weighted by Gasteiger charge is -2.63. The highest BCUT2D eigenvalue weighted by Crippen LogP contribution is 2.55. The van der Waals surface area contributed by atoms with E-state index in [4.69, 9.17) is 26.4 Å². The van der Waals surface area contributed by atoms with Gasteiger partial charge in [-0.3, -0.25) is 19.1 Å². The van der Waals surface area contributed by atoms with Crippen molar-refractivity contribution < 1.29 is 24.2 Å². The van der Waals surface area contributed by atoms with E-state index in [1.54, 1.807) is 46.6 Å². The molecule has 3 amide bonds. The molecule has 0 spiro atoms. The first kappa shape index (κ1) is 51.1. The first-order valence-electron chi connectivity index (χ1n) is 24.9. The van der Waals surface area contributed by atoms with Crippen molar-refractivity contribution in [2.24, 2.45) is 16.7 Å². The molecule has 0 bridgehead atoms. The van der Waals surface area contributed by atoms with Crippen LogP contribution in [0, 0.1) is 35.0 Å². The number of aryl methyl sites for hydroxylation is 1. The molecule has 380 valence electrons. The molecule has 5 heterocycles. The molecule has 6 aromatic rings. The van der Waals surface area contributed by atoms with Crippen molar-refractivity contribution in [3.8, 4) is 33.4 Å². The Balaban J connectivity index is 0.789. The molecule has 4 N–H and O–H groups in total. The van der Waals surface area contributed by atoms with Crippen LogP contribution < -0.4 is 25.6 Å². The Kier molecular flexibility index (Phi) is 14.4. The normalized spacial score (nSPS) is 21.8. The Morgan fingerprint density at radius 3 is 2.34 bits per heavy atom. The van der Waals surface area contributed by atoms with E-state index in [1.165, 1.54) is 4.90 Å². The van der Waals surface area contributed by atoms with Gasteiger partial charge in [-0.2, -0.15) is 10.4 Å². The molecule has 15 nitrogen and oxygen atoms in total. The summed E-state index contributed by atoms with van der Waals surface area (Å²) in [4.78, 5) is 55.9. The molecule has 0 radical (unpaired) electrons. The number of nitrogens with one attached hydrogen (secondary N) is 3. The largest absolute Gasteiger partial charge is 0.489 e. The van der Waals surface area contributed by atoms with Gasteiger partial charge in [0.2, 0.25) is 11.8 Å². The van der Waals surface area contributed by atoms with Crippen molar-refractivity contribution in [3.05, 3.63) is 130 Å². The van der Waals surface area contributed by atoms with Crippen molar-refractivity contribution in [1.82, 2.24) is 35.3 Å². The number of aromatic nitrogens is 4. The van der Waals surface area contributed by atoms with Crippen LogP contribution in [-0.4, -0.2) is 97.4 Å². The second-order valence-electron chi connectivity index (χ2n) is 21.3. The van der Waals surface area contributed by atoms with Gasteiger partial charge in [0.15, 0.2) is 0 Å². The number of rotatable bonds is 15. The molecule has 1 saturated carbocycles. The van der Waals surface area contributed by atoms with Crippen molar-refractivity contribution >= 4 is 52.2 Å². The van der Waals surface area contributed by atoms with Gasteiger partial charge in [-0.25, -0.2) is 9.97 Å². The van der Waals surface area contributed by atoms with Gasteiger partial charge in [-0.1, -0.05) is 77.4 Å². The van der Waals surface area contributed by atoms with Crippen molar-refractivity contribution in [3.63, 3.8) is 0 Å². The van der Waals surface area contributed by atoms with Gasteiger partial charge in [-0.15, -0.1) is 11.3 Å². The van der Waals surface area contributed by atoms with Crippen LogP contribution in [0.5, 0.6) is 5.75 Å². The number of benzene rings is 3. The van der Waals surface area contributed by atoms with Crippen LogP contribution in [0.3, 0.4) is 0 Å². The van der Waals surface area contributed by atoms with Gasteiger partial charge in [0.1, 0.15) is 35.8 Å². The molecule has 17 heteroatoms. The third-order valence-electron chi connectivity index (χ3n) is 15.0. The van der Waals surface area contributed by atoms with E-state index in [0.717, 1.165) is 63.8 Å². The number of likely N-dealkylation sites (tertiary alicyclic amines) is 1. The first-order chi connectivity index (χ1) is 34.8. The predicted molar refractivity (Wildman–Crippen MR) is 284 cm³/mol. The molecule has 2 aliphatic heterocycles. The Hall–Kier alpha value is -6.80. The lowest BCUT2D eigenvalue weighted by Crippen LogP contribution is -2.74. The van der Waals surface area contributed by atoms with Gasteiger partial charge in [0.25, 0.3) is 5.91 Å². The summed E-state index contributed by atoms with van der Waals surface area (Å²) in [6.45, 7) is 17.7. The van der Waals surface area contributed by atoms with Gasteiger partial charge in [0.05, 0.1) is 45.0 Å². The minimum Gasteiger partial charge on any atom is -0.489 e. The van der Waals surface area contributed by atoms with Crippen LogP contribution in [0.25, 0.3) is 21.6 Å². The lowest BCUT2D eigenvalue weighted by molar-refractivity contribution is -0.164. The smallest absolute Gasteiger partial charge is 0.251 e. The number of hydrogen-bond acceptors (Lipinski definition) is 12. The zero-order valence-corrected chi connectivity index (χ0v) is 44.0. The zero-order chi connectivity index (χ0) is 51.9. The van der Waals surface area contributed by atoms with Crippen molar-refractivity contribution in [2.75, 3.05) is 29.9 Å². The molecule has 1 unspecified atom stereocenters. The molecule has 2 saturated heterocycles. The number of hydrogen-bond donors (Lipinski definition) is 4. The number of pyridine rings is 1. The van der Waals surface area contributed by atoms with Crippen LogP contribution in [0.4, 0.5) is 11.5 Å². The van der Waals surface area contributed by atoms with Gasteiger partial charge < -0.3 is 35.6 Å². The molecule has 3 aliphatic rings. The quantitative estimate of drug-likeness (QED) is 0.0767. The Labute approximate surface area is 435 Å². The third-order valence-corrected chi connectivity index (χ3v) is 16.2. The fourth-order valence-electron chi connectivity index (χ4n) is 11.3. The SMILES string of the molecule is Cc1ncsc1-c1ccc([C@H](C)NC(=O)[C@@H]2C[C@@H](O)CN2C(=O)C(C(C)C)n2cc(-c3ccnc(N4CC[C@@H](Nc5ccc(C(=O)N[C@H]6C(C)(C)[C@H](Oc7ccc(C#N)c(Cl)c7)C6(C)C)cc5)C4)c3)cn2)cc1. The number of anilines is 2. The summed E-state index contributed by atoms with van der Waals surface area (Å²) in [6.07, 6.45) is 5.41. The highest BCUT2D eigenvalue weighted by atomic mass is 35.5. The number of nitrogens with zero attached hydrogens (tertiary/aromatic N) is 7. The number of aliphatic hydroxyl groups excluding tert-OH is 1. The number of thiazole rings is 1. The summed E-state index contributed by atoms with van der Waals surface area (Å²) < 4.78 is 8.08. The standard InChI is InChI=1S/C56H63ClN10O5S/c1-32(2)48(52(71)66-30-43(68)24-46(66)51(70)62-33(3)35-9-11-36(12-10-35)49-34(4)60-31-73-49)67-28-40(27-61-67)38-19-21-59-47(23-38)65-22-20-42(29-65)63-41-16-13-37(14-17-41)50(69)64-53-55(5,6)54(56(53,7)8)72-44-18-15-39(26-58)45(57)25-44/h9-19,21,23,25,27-28,31-33,42-43,46,48,53-54,63,68H,20,22,24,29-30H2,1-8H3,(H,62,70)(H,64,69)/t33-,42+,43+,46-,48?,53-,54-/m0/s1. The van der Waals surface area contributed by atoms with E-state index in [2.05, 4.69) is 59.6 Å². The number of amides is 3. The third kappa shape index (κ3) is 10.4. The van der Waals surface area contributed by atoms with E-state index in [9.17, 15) is 24.8 Å². The summed E-state index contributed by atoms with van der Waals surface area (Å²) in [5.41, 5.74) is 7.64. The predicted octanol–water partition coefficient (Wildman–Crippen LogP) is 9.24. The summed E-state index contributed by atoms with van der Waals surface area (Å²) in [6, 6.07) is 24.9. The number of carbonyl (C=O) groups excluding carboxylic acids is 3. The average Bonchev–Trinajstić information content (AvgIpc) is 4.21. The van der Waals surface area contributed by atoms with E-state index in [-0.39, 0.29) is 71.7 Å². The van der Waals surface area contributed by atoms with E-state index in [0.29, 0.717) is 21.9 Å². The highest BCUT2D eigenvalue weighted by molar-refractivity contribution is 7.13. The van der Waals surface area contributed by atoms with Gasteiger partial charge in [0, 0.05) is 84.2 Å². The first-order valence-corrected chi connectivity index (χ1v) is 26.2. The summed E-state index contributed by atoms with van der Waals surface area (Å²) in [7, 11) is 0. The maximum absolute atomic E-state index is 14.5. The number of aliphatic hydroxyl groups is 1. The molecule has 73 heavy (non-hydrogen) atoms. The minimum absolute atomic E-state index is 0.0589. The fraction of sp³-hybridized carbons (Fsp3) is 0.411. The molecule has 9 rings (SSSR count). The van der Waals surface area contributed by atoms with Crippen LogP contribution in [0.15, 0.2) is 103 Å². The molecule has 1 aliphatic carbocycles. The number of nitriles is 1. The van der Waals surface area contributed by atoms with Gasteiger partial charge in [-0.05, 0) is 91.4 Å². The molecular formula is C56H63ClN10O5S.